The van der Waals surface area contributed by atoms with Gasteiger partial charge in [-0.2, -0.15) is 0 Å². The average molecular weight is 428 g/mol. The molecule has 3 nitrogen and oxygen atoms in total. The van der Waals surface area contributed by atoms with Gasteiger partial charge in [-0.1, -0.05) is 57.3 Å². The topological polar surface area (TPSA) is 41.5 Å². The molecule has 0 unspecified atom stereocenters. The minimum absolute atomic E-state index is 0.185. The van der Waals surface area contributed by atoms with Crippen molar-refractivity contribution in [3.05, 3.63) is 67.5 Å². The molecular weight excluding hydrogens is 419 g/mol. The summed E-state index contributed by atoms with van der Waals surface area (Å²) in [5.41, 5.74) is 1.46. The first kappa shape index (κ1) is 16.6. The summed E-state index contributed by atoms with van der Waals surface area (Å²) >= 11 is 16.7. The molecule has 0 bridgehead atoms. The highest BCUT2D eigenvalue weighted by molar-refractivity contribution is 9.10. The molecule has 2 aromatic rings. The van der Waals surface area contributed by atoms with E-state index in [2.05, 4.69) is 26.2 Å². The minimum atomic E-state index is -0.185. The van der Waals surface area contributed by atoms with E-state index in [9.17, 15) is 4.79 Å². The third-order valence-electron chi connectivity index (χ3n) is 2.97. The molecule has 1 N–H and O–H groups in total. The maximum Gasteiger partial charge on any atom is 0.264 e. The summed E-state index contributed by atoms with van der Waals surface area (Å²) in [6, 6.07) is 12.9. The summed E-state index contributed by atoms with van der Waals surface area (Å²) in [6.07, 6.45) is 1.81. The first-order chi connectivity index (χ1) is 11.0. The minimum Gasteiger partial charge on any atom is -0.300 e. The molecule has 1 fully saturated rings. The molecule has 116 valence electrons. The maximum absolute atomic E-state index is 12.0. The predicted octanol–water partition coefficient (Wildman–Crippen LogP) is 5.65. The second kappa shape index (κ2) is 7.09. The van der Waals surface area contributed by atoms with Crippen LogP contribution in [0.2, 0.25) is 10.0 Å². The van der Waals surface area contributed by atoms with Gasteiger partial charge in [-0.05, 0) is 47.7 Å². The van der Waals surface area contributed by atoms with Gasteiger partial charge in [0.1, 0.15) is 0 Å². The van der Waals surface area contributed by atoms with Crippen LogP contribution >= 0.6 is 50.9 Å². The molecule has 1 aliphatic heterocycles. The molecule has 1 aliphatic rings. The fourth-order valence-corrected chi connectivity index (χ4v) is 3.32. The quantitative estimate of drug-likeness (QED) is 0.629. The second-order valence-corrected chi connectivity index (χ2v) is 7.34. The summed E-state index contributed by atoms with van der Waals surface area (Å²) in [6.45, 7) is 0. The molecule has 1 amide bonds. The Kier molecular flexibility index (Phi) is 5.11. The molecule has 1 heterocycles. The van der Waals surface area contributed by atoms with Gasteiger partial charge in [0.25, 0.3) is 5.91 Å². The van der Waals surface area contributed by atoms with E-state index in [0.29, 0.717) is 25.8 Å². The van der Waals surface area contributed by atoms with Gasteiger partial charge in [-0.3, -0.25) is 4.79 Å². The Hall–Kier alpha value is -1.27. The van der Waals surface area contributed by atoms with Gasteiger partial charge < -0.3 is 5.32 Å². The lowest BCUT2D eigenvalue weighted by atomic mass is 10.2. The molecule has 7 heteroatoms. The Morgan fingerprint density at radius 1 is 1.13 bits per heavy atom. The number of halogens is 3. The Morgan fingerprint density at radius 2 is 1.87 bits per heavy atom. The number of hydrogen-bond acceptors (Lipinski definition) is 3. The Balaban J connectivity index is 1.86. The number of thioether (sulfide) groups is 1. The molecule has 0 atom stereocenters. The van der Waals surface area contributed by atoms with E-state index in [1.165, 1.54) is 11.8 Å². The van der Waals surface area contributed by atoms with Gasteiger partial charge in [0, 0.05) is 4.47 Å². The predicted molar refractivity (Wildman–Crippen MR) is 101 cm³/mol. The SMILES string of the molecule is O=C1NC(=Nc2cccc(Cl)c2Cl)S/C1=C\c1ccc(Br)cc1. The van der Waals surface area contributed by atoms with Crippen LogP contribution in [0.15, 0.2) is 56.8 Å². The number of amidine groups is 1. The lowest BCUT2D eigenvalue weighted by molar-refractivity contribution is -0.115. The summed E-state index contributed by atoms with van der Waals surface area (Å²) in [4.78, 5) is 17.0. The van der Waals surface area contributed by atoms with Crippen LogP contribution in [-0.4, -0.2) is 11.1 Å². The molecule has 0 aliphatic carbocycles. The summed E-state index contributed by atoms with van der Waals surface area (Å²) < 4.78 is 0.987. The highest BCUT2D eigenvalue weighted by Crippen LogP contribution is 2.34. The normalized spacial score (nSPS) is 17.8. The summed E-state index contributed by atoms with van der Waals surface area (Å²) in [5.74, 6) is -0.185. The van der Waals surface area contributed by atoms with Crippen molar-refractivity contribution in [3.63, 3.8) is 0 Å². The number of aliphatic imine (C=N–C) groups is 1. The largest absolute Gasteiger partial charge is 0.300 e. The molecule has 2 aromatic carbocycles. The lowest BCUT2D eigenvalue weighted by Crippen LogP contribution is -2.19. The molecule has 23 heavy (non-hydrogen) atoms. The molecule has 0 spiro atoms. The number of nitrogens with one attached hydrogen (secondary N) is 1. The van der Waals surface area contributed by atoms with Crippen molar-refractivity contribution in [2.75, 3.05) is 0 Å². The lowest BCUT2D eigenvalue weighted by Gasteiger charge is -2.00. The monoisotopic (exact) mass is 426 g/mol. The highest BCUT2D eigenvalue weighted by atomic mass is 79.9. The van der Waals surface area contributed by atoms with Crippen LogP contribution in [0.3, 0.4) is 0 Å². The van der Waals surface area contributed by atoms with E-state index in [0.717, 1.165) is 10.0 Å². The van der Waals surface area contributed by atoms with Crippen LogP contribution in [0.5, 0.6) is 0 Å². The van der Waals surface area contributed by atoms with Crippen molar-refractivity contribution in [1.29, 1.82) is 0 Å². The number of amides is 1. The fourth-order valence-electron chi connectivity index (χ4n) is 1.88. The number of benzene rings is 2. The van der Waals surface area contributed by atoms with Gasteiger partial charge in [0.2, 0.25) is 0 Å². The smallest absolute Gasteiger partial charge is 0.264 e. The fraction of sp³-hybridized carbons (Fsp3) is 0. The zero-order chi connectivity index (χ0) is 16.4. The Morgan fingerprint density at radius 3 is 2.61 bits per heavy atom. The number of carbonyl (C=O) groups excluding carboxylic acids is 1. The van der Waals surface area contributed by atoms with Crippen molar-refractivity contribution in [3.8, 4) is 0 Å². The second-order valence-electron chi connectivity index (χ2n) is 4.61. The van der Waals surface area contributed by atoms with Crippen molar-refractivity contribution >= 4 is 73.7 Å². The molecule has 1 saturated heterocycles. The van der Waals surface area contributed by atoms with E-state index in [1.807, 2.05) is 30.3 Å². The first-order valence-corrected chi connectivity index (χ1v) is 8.88. The molecule has 0 saturated carbocycles. The Labute approximate surface area is 155 Å². The van der Waals surface area contributed by atoms with E-state index in [1.54, 1.807) is 18.2 Å². The molecule has 0 aromatic heterocycles. The van der Waals surface area contributed by atoms with E-state index >= 15 is 0 Å². The van der Waals surface area contributed by atoms with Crippen LogP contribution in [0, 0.1) is 0 Å². The first-order valence-electron chi connectivity index (χ1n) is 6.52. The zero-order valence-electron chi connectivity index (χ0n) is 11.5. The van der Waals surface area contributed by atoms with Crippen LogP contribution in [-0.2, 0) is 4.79 Å². The van der Waals surface area contributed by atoms with Crippen molar-refractivity contribution < 1.29 is 4.79 Å². The van der Waals surface area contributed by atoms with Crippen LogP contribution in [0.25, 0.3) is 6.08 Å². The highest BCUT2D eigenvalue weighted by Gasteiger charge is 2.24. The van der Waals surface area contributed by atoms with Crippen molar-refractivity contribution in [2.45, 2.75) is 0 Å². The van der Waals surface area contributed by atoms with Gasteiger partial charge >= 0.3 is 0 Å². The summed E-state index contributed by atoms with van der Waals surface area (Å²) in [7, 11) is 0. The number of nitrogens with zero attached hydrogens (tertiary/aromatic N) is 1. The van der Waals surface area contributed by atoms with Crippen molar-refractivity contribution in [1.82, 2.24) is 5.32 Å². The van der Waals surface area contributed by atoms with E-state index in [-0.39, 0.29) is 5.91 Å². The maximum atomic E-state index is 12.0. The number of carbonyl (C=O) groups is 1. The average Bonchev–Trinajstić information content (AvgIpc) is 2.86. The standard InChI is InChI=1S/C16H9BrCl2N2OS/c17-10-6-4-9(5-7-10)8-13-15(22)21-16(23-13)20-12-3-1-2-11(18)14(12)19/h1-8H,(H,20,21,22)/b13-8-. The Bertz CT molecular complexity index is 834. The van der Waals surface area contributed by atoms with E-state index in [4.69, 9.17) is 23.2 Å². The number of hydrogen-bond donors (Lipinski definition) is 1. The van der Waals surface area contributed by atoms with Crippen LogP contribution < -0.4 is 5.32 Å². The van der Waals surface area contributed by atoms with Gasteiger partial charge in [0.15, 0.2) is 5.17 Å². The van der Waals surface area contributed by atoms with Gasteiger partial charge in [0.05, 0.1) is 20.6 Å². The van der Waals surface area contributed by atoms with Gasteiger partial charge in [-0.25, -0.2) is 4.99 Å². The zero-order valence-corrected chi connectivity index (χ0v) is 15.4. The third-order valence-corrected chi connectivity index (χ3v) is 5.22. The molecular formula is C16H9BrCl2N2OS. The summed E-state index contributed by atoms with van der Waals surface area (Å²) in [5, 5.41) is 3.99. The third kappa shape index (κ3) is 3.98. The van der Waals surface area contributed by atoms with Crippen LogP contribution in [0.1, 0.15) is 5.56 Å². The van der Waals surface area contributed by atoms with E-state index < -0.39 is 0 Å². The molecule has 3 rings (SSSR count). The van der Waals surface area contributed by atoms with Gasteiger partial charge in [-0.15, -0.1) is 0 Å². The van der Waals surface area contributed by atoms with Crippen molar-refractivity contribution in [2.24, 2.45) is 4.99 Å². The molecule has 0 radical (unpaired) electrons. The number of rotatable bonds is 2. The van der Waals surface area contributed by atoms with Crippen LogP contribution in [0.4, 0.5) is 5.69 Å².